The third-order valence-corrected chi connectivity index (χ3v) is 6.82. The van der Waals surface area contributed by atoms with Gasteiger partial charge in [0.2, 0.25) is 15.8 Å². The molecule has 0 amide bonds. The Bertz CT molecular complexity index is 1180. The smallest absolute Gasteiger partial charge is 0.331 e. The number of carbonyl (C=O) groups excluding carboxylic acids is 1. The Morgan fingerprint density at radius 2 is 1.72 bits per heavy atom. The quantitative estimate of drug-likeness (QED) is 0.357. The third-order valence-electron chi connectivity index (χ3n) is 4.75. The summed E-state index contributed by atoms with van der Waals surface area (Å²) in [6.07, 6.45) is 2.80. The second-order valence-electron chi connectivity index (χ2n) is 6.98. The molecule has 2 aromatic carbocycles. The average Bonchev–Trinajstić information content (AvgIpc) is 3.27. The fourth-order valence-electron chi connectivity index (χ4n) is 2.94. The number of benzene rings is 2. The SMILES string of the molecule is CCN(CC)S(=O)(=O)c1ccc(/C=C/C(=O)OCc2nc(-c3ccc(C)cc3)no2)cc1. The van der Waals surface area contributed by atoms with Crippen LogP contribution in [0.15, 0.2) is 64.0 Å². The maximum atomic E-state index is 12.5. The zero-order valence-electron chi connectivity index (χ0n) is 18.2. The largest absolute Gasteiger partial charge is 0.452 e. The molecule has 3 rings (SSSR count). The highest BCUT2D eigenvalue weighted by Gasteiger charge is 2.21. The van der Waals surface area contributed by atoms with E-state index in [-0.39, 0.29) is 17.4 Å². The lowest BCUT2D eigenvalue weighted by atomic mass is 10.1. The summed E-state index contributed by atoms with van der Waals surface area (Å²) in [5.74, 6) is 0.0274. The molecule has 0 saturated heterocycles. The Morgan fingerprint density at radius 1 is 1.06 bits per heavy atom. The molecule has 0 aliphatic rings. The van der Waals surface area contributed by atoms with E-state index in [9.17, 15) is 13.2 Å². The molecule has 1 heterocycles. The number of aryl methyl sites for hydroxylation is 1. The summed E-state index contributed by atoms with van der Waals surface area (Å²) >= 11 is 0. The molecule has 9 heteroatoms. The van der Waals surface area contributed by atoms with Crippen LogP contribution >= 0.6 is 0 Å². The number of esters is 1. The normalized spacial score (nSPS) is 11.9. The molecule has 0 aliphatic carbocycles. The van der Waals surface area contributed by atoms with Crippen molar-refractivity contribution in [3.8, 4) is 11.4 Å². The van der Waals surface area contributed by atoms with Crippen molar-refractivity contribution in [2.24, 2.45) is 0 Å². The molecule has 0 N–H and O–H groups in total. The minimum absolute atomic E-state index is 0.150. The van der Waals surface area contributed by atoms with Crippen molar-refractivity contribution >= 4 is 22.1 Å². The van der Waals surface area contributed by atoms with Crippen LogP contribution in [0, 0.1) is 6.92 Å². The molecule has 0 unspecified atom stereocenters. The summed E-state index contributed by atoms with van der Waals surface area (Å²) in [6.45, 7) is 6.23. The van der Waals surface area contributed by atoms with Crippen LogP contribution in [0.1, 0.15) is 30.9 Å². The van der Waals surface area contributed by atoms with Crippen LogP contribution in [0.3, 0.4) is 0 Å². The summed E-state index contributed by atoms with van der Waals surface area (Å²) in [6, 6.07) is 14.0. The van der Waals surface area contributed by atoms with E-state index in [1.807, 2.05) is 31.2 Å². The van der Waals surface area contributed by atoms with Gasteiger partial charge in [0.25, 0.3) is 5.89 Å². The van der Waals surface area contributed by atoms with Gasteiger partial charge in [-0.15, -0.1) is 0 Å². The summed E-state index contributed by atoms with van der Waals surface area (Å²) < 4.78 is 36.7. The van der Waals surface area contributed by atoms with Crippen molar-refractivity contribution in [2.45, 2.75) is 32.3 Å². The van der Waals surface area contributed by atoms with Crippen molar-refractivity contribution in [1.82, 2.24) is 14.4 Å². The predicted octanol–water partition coefficient (Wildman–Crippen LogP) is 3.83. The number of hydrogen-bond acceptors (Lipinski definition) is 7. The molecule has 0 radical (unpaired) electrons. The zero-order chi connectivity index (χ0) is 23.1. The van der Waals surface area contributed by atoms with E-state index in [0.717, 1.165) is 11.1 Å². The highest BCUT2D eigenvalue weighted by molar-refractivity contribution is 7.89. The monoisotopic (exact) mass is 455 g/mol. The molecule has 8 nitrogen and oxygen atoms in total. The predicted molar refractivity (Wildman–Crippen MR) is 120 cm³/mol. The van der Waals surface area contributed by atoms with E-state index >= 15 is 0 Å². The molecule has 0 aliphatic heterocycles. The van der Waals surface area contributed by atoms with E-state index in [2.05, 4.69) is 10.1 Å². The highest BCUT2D eigenvalue weighted by atomic mass is 32.2. The van der Waals surface area contributed by atoms with Gasteiger partial charge in [-0.05, 0) is 30.7 Å². The van der Waals surface area contributed by atoms with E-state index in [0.29, 0.717) is 24.5 Å². The van der Waals surface area contributed by atoms with E-state index in [4.69, 9.17) is 9.26 Å². The minimum atomic E-state index is -3.51. The molecule has 1 aromatic heterocycles. The topological polar surface area (TPSA) is 103 Å². The zero-order valence-corrected chi connectivity index (χ0v) is 19.0. The van der Waals surface area contributed by atoms with Crippen LogP contribution in [0.5, 0.6) is 0 Å². The Labute approximate surface area is 187 Å². The van der Waals surface area contributed by atoms with Crippen LogP contribution in [-0.4, -0.2) is 41.9 Å². The van der Waals surface area contributed by atoms with Crippen LogP contribution in [0.4, 0.5) is 0 Å². The lowest BCUT2D eigenvalue weighted by Crippen LogP contribution is -2.30. The first-order chi connectivity index (χ1) is 15.3. The fraction of sp³-hybridized carbons (Fsp3) is 0.261. The Hall–Kier alpha value is -3.30. The lowest BCUT2D eigenvalue weighted by molar-refractivity contribution is -0.139. The summed E-state index contributed by atoms with van der Waals surface area (Å²) in [5.41, 5.74) is 2.60. The number of ether oxygens (including phenoxy) is 1. The van der Waals surface area contributed by atoms with Gasteiger partial charge in [-0.2, -0.15) is 9.29 Å². The molecular formula is C23H25N3O5S. The third kappa shape index (κ3) is 5.68. The Balaban J connectivity index is 1.56. The van der Waals surface area contributed by atoms with Crippen molar-refractivity contribution in [3.05, 3.63) is 71.6 Å². The Morgan fingerprint density at radius 3 is 2.34 bits per heavy atom. The molecule has 0 fully saturated rings. The first kappa shape index (κ1) is 23.4. The molecule has 3 aromatic rings. The number of sulfonamides is 1. The van der Waals surface area contributed by atoms with Crippen molar-refractivity contribution in [2.75, 3.05) is 13.1 Å². The molecule has 0 saturated carbocycles. The number of aromatic nitrogens is 2. The van der Waals surface area contributed by atoms with Crippen LogP contribution in [-0.2, 0) is 26.2 Å². The number of carbonyl (C=O) groups is 1. The maximum absolute atomic E-state index is 12.5. The molecule has 168 valence electrons. The van der Waals surface area contributed by atoms with Gasteiger partial charge in [-0.1, -0.05) is 61.0 Å². The number of hydrogen-bond donors (Lipinski definition) is 0. The summed E-state index contributed by atoms with van der Waals surface area (Å²) in [4.78, 5) is 16.4. The van der Waals surface area contributed by atoms with Gasteiger partial charge >= 0.3 is 5.97 Å². The molecule has 0 spiro atoms. The number of nitrogens with zero attached hydrogens (tertiary/aromatic N) is 3. The van der Waals surface area contributed by atoms with E-state index in [1.54, 1.807) is 32.1 Å². The van der Waals surface area contributed by atoms with Crippen LogP contribution in [0.25, 0.3) is 17.5 Å². The standard InChI is InChI=1S/C23H25N3O5S/c1-4-26(5-2)32(28,29)20-13-8-18(9-14-20)10-15-22(27)30-16-21-24-23(25-31-21)19-11-6-17(3)7-12-19/h6-15H,4-5,16H2,1-3H3/b15-10+. The van der Waals surface area contributed by atoms with Crippen LogP contribution < -0.4 is 0 Å². The first-order valence-electron chi connectivity index (χ1n) is 10.2. The minimum Gasteiger partial charge on any atom is -0.452 e. The molecule has 32 heavy (non-hydrogen) atoms. The van der Waals surface area contributed by atoms with Crippen molar-refractivity contribution in [1.29, 1.82) is 0 Å². The van der Waals surface area contributed by atoms with Gasteiger partial charge in [0.05, 0.1) is 4.90 Å². The summed E-state index contributed by atoms with van der Waals surface area (Å²) in [7, 11) is -3.51. The van der Waals surface area contributed by atoms with Gasteiger partial charge < -0.3 is 9.26 Å². The van der Waals surface area contributed by atoms with Gasteiger partial charge in [-0.25, -0.2) is 13.2 Å². The van der Waals surface area contributed by atoms with Crippen molar-refractivity contribution in [3.63, 3.8) is 0 Å². The second-order valence-corrected chi connectivity index (χ2v) is 8.92. The number of rotatable bonds is 9. The van der Waals surface area contributed by atoms with Gasteiger partial charge in [0.1, 0.15) is 0 Å². The van der Waals surface area contributed by atoms with Crippen molar-refractivity contribution < 1.29 is 22.5 Å². The maximum Gasteiger partial charge on any atom is 0.331 e. The van der Waals surface area contributed by atoms with Gasteiger partial charge in [-0.3, -0.25) is 0 Å². The molecular weight excluding hydrogens is 430 g/mol. The van der Waals surface area contributed by atoms with E-state index in [1.165, 1.54) is 22.5 Å². The van der Waals surface area contributed by atoms with Gasteiger partial charge in [0, 0.05) is 24.7 Å². The molecule has 0 bridgehead atoms. The Kier molecular flexibility index (Phi) is 7.55. The van der Waals surface area contributed by atoms with Gasteiger partial charge in [0.15, 0.2) is 6.61 Å². The first-order valence-corrected chi connectivity index (χ1v) is 11.6. The average molecular weight is 456 g/mol. The van der Waals surface area contributed by atoms with Crippen LogP contribution in [0.2, 0.25) is 0 Å². The molecule has 0 atom stereocenters. The lowest BCUT2D eigenvalue weighted by Gasteiger charge is -2.18. The highest BCUT2D eigenvalue weighted by Crippen LogP contribution is 2.18. The van der Waals surface area contributed by atoms with E-state index < -0.39 is 16.0 Å². The summed E-state index contributed by atoms with van der Waals surface area (Å²) in [5, 5.41) is 3.89. The second kappa shape index (κ2) is 10.3. The fourth-order valence-corrected chi connectivity index (χ4v) is 4.40.